The predicted molar refractivity (Wildman–Crippen MR) is 75.9 cm³/mol. The summed E-state index contributed by atoms with van der Waals surface area (Å²) in [5, 5.41) is 0. The first-order chi connectivity index (χ1) is 8.57. The normalized spacial score (nSPS) is 19.8. The van der Waals surface area contributed by atoms with Crippen LogP contribution < -0.4 is 10.5 Å². The number of hydrogen-bond donors (Lipinski definition) is 1. The third-order valence-corrected chi connectivity index (χ3v) is 4.30. The molecule has 1 aliphatic carbocycles. The second-order valence-electron chi connectivity index (χ2n) is 5.81. The van der Waals surface area contributed by atoms with E-state index in [1.54, 1.807) is 0 Å². The first kappa shape index (κ1) is 13.4. The van der Waals surface area contributed by atoms with Crippen molar-refractivity contribution >= 4 is 0 Å². The molecule has 0 aliphatic heterocycles. The Bertz CT molecular complexity index is 408. The van der Waals surface area contributed by atoms with Crippen molar-refractivity contribution in [1.82, 2.24) is 0 Å². The van der Waals surface area contributed by atoms with Crippen LogP contribution >= 0.6 is 0 Å². The van der Waals surface area contributed by atoms with Gasteiger partial charge in [-0.05, 0) is 38.2 Å². The molecule has 0 heterocycles. The molecule has 0 saturated heterocycles. The van der Waals surface area contributed by atoms with Crippen LogP contribution in [0.2, 0.25) is 0 Å². The number of hydrogen-bond acceptors (Lipinski definition) is 2. The molecule has 1 aliphatic rings. The van der Waals surface area contributed by atoms with Crippen LogP contribution in [-0.2, 0) is 0 Å². The second-order valence-corrected chi connectivity index (χ2v) is 5.81. The lowest BCUT2D eigenvalue weighted by Gasteiger charge is -2.32. The summed E-state index contributed by atoms with van der Waals surface area (Å²) >= 11 is 0. The Hall–Kier alpha value is -1.02. The highest BCUT2D eigenvalue weighted by Gasteiger charge is 2.36. The van der Waals surface area contributed by atoms with E-state index in [1.807, 2.05) is 6.92 Å². The Morgan fingerprint density at radius 2 is 2.00 bits per heavy atom. The Labute approximate surface area is 111 Å². The van der Waals surface area contributed by atoms with Crippen LogP contribution in [0.25, 0.3) is 0 Å². The van der Waals surface area contributed by atoms with E-state index in [2.05, 4.69) is 32.0 Å². The fraction of sp³-hybridized carbons (Fsp3) is 0.625. The van der Waals surface area contributed by atoms with Crippen molar-refractivity contribution < 1.29 is 4.74 Å². The Morgan fingerprint density at radius 1 is 1.33 bits per heavy atom. The molecule has 1 saturated carbocycles. The minimum Gasteiger partial charge on any atom is -0.494 e. The summed E-state index contributed by atoms with van der Waals surface area (Å²) < 4.78 is 5.74. The molecule has 0 bridgehead atoms. The van der Waals surface area contributed by atoms with Crippen LogP contribution in [0.15, 0.2) is 18.2 Å². The fourth-order valence-corrected chi connectivity index (χ4v) is 3.07. The molecule has 2 N–H and O–H groups in total. The summed E-state index contributed by atoms with van der Waals surface area (Å²) in [4.78, 5) is 0. The average molecular weight is 247 g/mol. The van der Waals surface area contributed by atoms with Gasteiger partial charge in [-0.1, -0.05) is 37.5 Å². The molecule has 0 aromatic heterocycles. The molecule has 1 unspecified atom stereocenters. The van der Waals surface area contributed by atoms with E-state index < -0.39 is 0 Å². The molecular formula is C16H25NO. The number of ether oxygens (including phenoxy) is 1. The van der Waals surface area contributed by atoms with Crippen LogP contribution in [0.1, 0.15) is 56.7 Å². The van der Waals surface area contributed by atoms with Crippen molar-refractivity contribution in [3.05, 3.63) is 29.3 Å². The van der Waals surface area contributed by atoms with Crippen LogP contribution in [0.5, 0.6) is 5.75 Å². The largest absolute Gasteiger partial charge is 0.494 e. The highest BCUT2D eigenvalue weighted by Crippen LogP contribution is 2.47. The van der Waals surface area contributed by atoms with E-state index in [4.69, 9.17) is 10.5 Å². The van der Waals surface area contributed by atoms with Crippen molar-refractivity contribution in [3.8, 4) is 5.75 Å². The molecule has 1 atom stereocenters. The minimum absolute atomic E-state index is 0.0847. The number of benzene rings is 1. The SMILES string of the molecule is CCOc1ccc(C)cc1C(N)C1(C)CCCC1. The van der Waals surface area contributed by atoms with Crippen molar-refractivity contribution in [3.63, 3.8) is 0 Å². The minimum atomic E-state index is 0.0847. The Morgan fingerprint density at radius 3 is 2.61 bits per heavy atom. The molecule has 2 heteroatoms. The summed E-state index contributed by atoms with van der Waals surface area (Å²) in [7, 11) is 0. The standard InChI is InChI=1S/C16H25NO/c1-4-18-14-8-7-12(2)11-13(14)15(17)16(3)9-5-6-10-16/h7-8,11,15H,4-6,9-10,17H2,1-3H3. The predicted octanol–water partition coefficient (Wildman–Crippen LogP) is 3.97. The Kier molecular flexibility index (Phi) is 3.96. The number of rotatable bonds is 4. The highest BCUT2D eigenvalue weighted by molar-refractivity contribution is 5.40. The molecule has 1 aromatic carbocycles. The van der Waals surface area contributed by atoms with Crippen molar-refractivity contribution in [2.75, 3.05) is 6.61 Å². The van der Waals surface area contributed by atoms with E-state index in [0.29, 0.717) is 6.61 Å². The molecule has 0 spiro atoms. The zero-order chi connectivity index (χ0) is 13.2. The van der Waals surface area contributed by atoms with E-state index in [-0.39, 0.29) is 11.5 Å². The summed E-state index contributed by atoms with van der Waals surface area (Å²) in [5.41, 5.74) is 9.23. The van der Waals surface area contributed by atoms with Crippen LogP contribution in [0.3, 0.4) is 0 Å². The topological polar surface area (TPSA) is 35.2 Å². The maximum Gasteiger partial charge on any atom is 0.124 e. The van der Waals surface area contributed by atoms with Gasteiger partial charge >= 0.3 is 0 Å². The fourth-order valence-electron chi connectivity index (χ4n) is 3.07. The lowest BCUT2D eigenvalue weighted by molar-refractivity contribution is 0.254. The summed E-state index contributed by atoms with van der Waals surface area (Å²) in [6.45, 7) is 7.15. The molecule has 0 amide bonds. The molecule has 18 heavy (non-hydrogen) atoms. The van der Waals surface area contributed by atoms with Gasteiger partial charge in [-0.2, -0.15) is 0 Å². The molecule has 1 fully saturated rings. The quantitative estimate of drug-likeness (QED) is 0.873. The first-order valence-electron chi connectivity index (χ1n) is 7.06. The van der Waals surface area contributed by atoms with Crippen molar-refractivity contribution in [2.45, 2.75) is 52.5 Å². The van der Waals surface area contributed by atoms with Gasteiger partial charge in [0.25, 0.3) is 0 Å². The van der Waals surface area contributed by atoms with Crippen LogP contribution in [-0.4, -0.2) is 6.61 Å². The van der Waals surface area contributed by atoms with Gasteiger partial charge in [0.2, 0.25) is 0 Å². The Balaban J connectivity index is 2.33. The summed E-state index contributed by atoms with van der Waals surface area (Å²) in [5.74, 6) is 0.962. The second kappa shape index (κ2) is 5.31. The molecule has 2 nitrogen and oxygen atoms in total. The lowest BCUT2D eigenvalue weighted by atomic mass is 9.77. The van der Waals surface area contributed by atoms with Gasteiger partial charge < -0.3 is 10.5 Å². The van der Waals surface area contributed by atoms with Crippen molar-refractivity contribution in [1.29, 1.82) is 0 Å². The monoisotopic (exact) mass is 247 g/mol. The first-order valence-corrected chi connectivity index (χ1v) is 7.06. The maximum atomic E-state index is 6.55. The van der Waals surface area contributed by atoms with E-state index in [1.165, 1.54) is 36.8 Å². The van der Waals surface area contributed by atoms with Gasteiger partial charge in [0.1, 0.15) is 5.75 Å². The van der Waals surface area contributed by atoms with Crippen molar-refractivity contribution in [2.24, 2.45) is 11.1 Å². The summed E-state index contributed by atoms with van der Waals surface area (Å²) in [6.07, 6.45) is 5.07. The molecule has 0 radical (unpaired) electrons. The molecule has 1 aromatic rings. The zero-order valence-corrected chi connectivity index (χ0v) is 11.8. The van der Waals surface area contributed by atoms with E-state index in [9.17, 15) is 0 Å². The van der Waals surface area contributed by atoms with Gasteiger partial charge in [0.05, 0.1) is 6.61 Å². The van der Waals surface area contributed by atoms with Gasteiger partial charge in [-0.25, -0.2) is 0 Å². The van der Waals surface area contributed by atoms with Gasteiger partial charge in [-0.15, -0.1) is 0 Å². The lowest BCUT2D eigenvalue weighted by Crippen LogP contribution is -2.29. The van der Waals surface area contributed by atoms with E-state index in [0.717, 1.165) is 5.75 Å². The molecule has 2 rings (SSSR count). The zero-order valence-electron chi connectivity index (χ0n) is 11.8. The molecule has 100 valence electrons. The number of nitrogens with two attached hydrogens (primary N) is 1. The highest BCUT2D eigenvalue weighted by atomic mass is 16.5. The average Bonchev–Trinajstić information content (AvgIpc) is 2.79. The third-order valence-electron chi connectivity index (χ3n) is 4.30. The third kappa shape index (κ3) is 2.54. The van der Waals surface area contributed by atoms with Crippen LogP contribution in [0, 0.1) is 12.3 Å². The summed E-state index contributed by atoms with van der Waals surface area (Å²) in [6, 6.07) is 6.44. The molecular weight excluding hydrogens is 222 g/mol. The van der Waals surface area contributed by atoms with Gasteiger partial charge in [0.15, 0.2) is 0 Å². The number of aryl methyl sites for hydroxylation is 1. The maximum absolute atomic E-state index is 6.55. The van der Waals surface area contributed by atoms with Crippen LogP contribution in [0.4, 0.5) is 0 Å². The van der Waals surface area contributed by atoms with Gasteiger partial charge in [-0.3, -0.25) is 0 Å². The smallest absolute Gasteiger partial charge is 0.124 e. The van der Waals surface area contributed by atoms with E-state index >= 15 is 0 Å². The van der Waals surface area contributed by atoms with Gasteiger partial charge in [0, 0.05) is 11.6 Å².